The molecule has 7 atom stereocenters. The van der Waals surface area contributed by atoms with Crippen molar-refractivity contribution in [1.29, 1.82) is 0 Å². The maximum Gasteiger partial charge on any atom is 0.481 e. The van der Waals surface area contributed by atoms with Crippen molar-refractivity contribution in [1.82, 2.24) is 19.5 Å². The van der Waals surface area contributed by atoms with Gasteiger partial charge in [0.25, 0.3) is 5.56 Å². The number of nitrogens with one attached hydrogen (secondary N) is 1. The van der Waals surface area contributed by atoms with E-state index in [-0.39, 0.29) is 11.2 Å². The molecule has 0 amide bonds. The second-order valence-corrected chi connectivity index (χ2v) is 16.7. The van der Waals surface area contributed by atoms with Crippen LogP contribution in [0.15, 0.2) is 11.1 Å². The Balaban J connectivity index is 1.94. The highest BCUT2D eigenvalue weighted by molar-refractivity contribution is 7.65. The average Bonchev–Trinajstić information content (AvgIpc) is 3.39. The quantitative estimate of drug-likeness (QED) is 0.102. The van der Waals surface area contributed by atoms with E-state index in [9.17, 15) is 57.2 Å². The zero-order chi connectivity index (χ0) is 34.4. The normalized spacial score (nSPS) is 25.6. The van der Waals surface area contributed by atoms with E-state index >= 15 is 0 Å². The van der Waals surface area contributed by atoms with Crippen molar-refractivity contribution in [3.63, 3.8) is 0 Å². The van der Waals surface area contributed by atoms with E-state index in [1.54, 1.807) is 0 Å². The van der Waals surface area contributed by atoms with E-state index in [1.807, 2.05) is 0 Å². The van der Waals surface area contributed by atoms with Gasteiger partial charge in [-0.15, -0.1) is 0 Å². The van der Waals surface area contributed by atoms with Crippen LogP contribution in [0.2, 0.25) is 0 Å². The van der Waals surface area contributed by atoms with Gasteiger partial charge >= 0.3 is 38.9 Å². The highest BCUT2D eigenvalue weighted by Crippen LogP contribution is 2.71. The van der Waals surface area contributed by atoms with Gasteiger partial charge in [0.1, 0.15) is 18.3 Å². The van der Waals surface area contributed by atoms with Gasteiger partial charge in [0.05, 0.1) is 12.9 Å². The summed E-state index contributed by atoms with van der Waals surface area (Å²) in [6, 6.07) is 0. The van der Waals surface area contributed by atoms with E-state index in [4.69, 9.17) is 20.3 Å². The summed E-state index contributed by atoms with van der Waals surface area (Å²) in [7, 11) is -28.3. The van der Waals surface area contributed by atoms with Crippen LogP contribution < -0.4 is 11.3 Å². The third-order valence-electron chi connectivity index (χ3n) is 6.02. The zero-order valence-electron chi connectivity index (χ0n) is 22.6. The Morgan fingerprint density at radius 3 is 2.13 bits per heavy atom. The smallest absolute Gasteiger partial charge is 0.386 e. The fraction of sp³-hybridized carbons (Fsp3) is 0.667. The number of ether oxygens (including phenoxy) is 1. The lowest BCUT2D eigenvalue weighted by Gasteiger charge is -2.34. The molecular formula is C15H28N5O20P5. The molecule has 0 bridgehead atoms. The Morgan fingerprint density at radius 2 is 1.60 bits per heavy atom. The number of aliphatic hydroxyl groups is 1. The minimum Gasteiger partial charge on any atom is -0.386 e. The van der Waals surface area contributed by atoms with Crippen LogP contribution in [0.1, 0.15) is 32.9 Å². The number of phosphoric acid groups is 4. The van der Waals surface area contributed by atoms with E-state index in [0.29, 0.717) is 0 Å². The fourth-order valence-electron chi connectivity index (χ4n) is 4.11. The van der Waals surface area contributed by atoms with Gasteiger partial charge in [-0.3, -0.25) is 32.5 Å². The molecule has 258 valence electrons. The minimum absolute atomic E-state index is 0.322. The molecule has 11 N–H and O–H groups in total. The number of nitrogen functional groups attached to an aromatic ring is 1. The number of aromatic amines is 1. The number of phosphoric ester groups is 3. The van der Waals surface area contributed by atoms with Gasteiger partial charge in [0.2, 0.25) is 5.95 Å². The predicted octanol–water partition coefficient (Wildman–Crippen LogP) is -0.500. The summed E-state index contributed by atoms with van der Waals surface area (Å²) >= 11 is 0. The summed E-state index contributed by atoms with van der Waals surface area (Å²) in [6.45, 7) is 0.968. The van der Waals surface area contributed by atoms with Crippen LogP contribution in [0.25, 0.3) is 11.2 Å². The third-order valence-corrected chi connectivity index (χ3v) is 12.9. The predicted molar refractivity (Wildman–Crippen MR) is 143 cm³/mol. The Bertz CT molecular complexity index is 1700. The first kappa shape index (κ1) is 38.2. The number of nitrogens with two attached hydrogens (primary N) is 1. The van der Waals surface area contributed by atoms with Crippen LogP contribution in [0.5, 0.6) is 0 Å². The monoisotopic (exact) mass is 753 g/mol. The molecule has 0 radical (unpaired) electrons. The van der Waals surface area contributed by atoms with Gasteiger partial charge < -0.3 is 49.8 Å². The van der Waals surface area contributed by atoms with Crippen molar-refractivity contribution in [3.05, 3.63) is 16.7 Å². The van der Waals surface area contributed by atoms with Gasteiger partial charge in [-0.25, -0.2) is 27.6 Å². The summed E-state index contributed by atoms with van der Waals surface area (Å²) in [5.74, 6) is -0.422. The summed E-state index contributed by atoms with van der Waals surface area (Å²) in [4.78, 5) is 88.6. The van der Waals surface area contributed by atoms with Crippen LogP contribution in [0.3, 0.4) is 0 Å². The first-order chi connectivity index (χ1) is 20.3. The number of hydrogen-bond acceptors (Lipinski definition) is 16. The van der Waals surface area contributed by atoms with E-state index < -0.39 is 99.7 Å². The molecule has 1 saturated heterocycles. The highest BCUT2D eigenvalue weighted by atomic mass is 31.3. The number of hydrogen-bond donors (Lipinski definition) is 10. The topological polar surface area (TPSA) is 392 Å². The first-order valence-electron chi connectivity index (χ1n) is 12.0. The lowest BCUT2D eigenvalue weighted by molar-refractivity contribution is -0.0502. The van der Waals surface area contributed by atoms with Gasteiger partial charge in [0.15, 0.2) is 22.7 Å². The van der Waals surface area contributed by atoms with E-state index in [0.717, 1.165) is 24.7 Å². The Labute approximate surface area is 250 Å². The van der Waals surface area contributed by atoms with Gasteiger partial charge in [-0.05, 0) is 12.8 Å². The maximum atomic E-state index is 13.0. The molecule has 0 aromatic carbocycles. The molecule has 2 aromatic rings. The number of aliphatic hydroxyl groups excluding tert-OH is 1. The molecule has 1 aliphatic rings. The van der Waals surface area contributed by atoms with Crippen LogP contribution in [-0.2, 0) is 49.8 Å². The van der Waals surface area contributed by atoms with Crippen molar-refractivity contribution in [2.24, 2.45) is 0 Å². The molecule has 30 heteroatoms. The van der Waals surface area contributed by atoms with Gasteiger partial charge in [-0.1, -0.05) is 13.8 Å². The molecule has 1 aliphatic heterocycles. The lowest BCUT2D eigenvalue weighted by Crippen LogP contribution is -2.36. The number of imidazole rings is 1. The Morgan fingerprint density at radius 1 is 1.00 bits per heavy atom. The van der Waals surface area contributed by atoms with Crippen LogP contribution >= 0.6 is 38.9 Å². The highest BCUT2D eigenvalue weighted by Gasteiger charge is 2.56. The van der Waals surface area contributed by atoms with Crippen molar-refractivity contribution in [2.45, 2.75) is 56.6 Å². The fourth-order valence-corrected chi connectivity index (χ4v) is 10.4. The molecular weight excluding hydrogens is 725 g/mol. The van der Waals surface area contributed by atoms with Crippen LogP contribution in [0.4, 0.5) is 5.95 Å². The van der Waals surface area contributed by atoms with Crippen LogP contribution in [-0.4, -0.2) is 89.1 Å². The third kappa shape index (κ3) is 9.21. The molecule has 45 heavy (non-hydrogen) atoms. The summed E-state index contributed by atoms with van der Waals surface area (Å²) in [6.07, 6.45) is -8.52. The molecule has 25 nitrogen and oxygen atoms in total. The lowest BCUT2D eigenvalue weighted by atomic mass is 10.1. The second-order valence-electron chi connectivity index (χ2n) is 9.04. The maximum absolute atomic E-state index is 13.0. The number of H-pyrrole nitrogens is 1. The van der Waals surface area contributed by atoms with E-state index in [1.165, 1.54) is 0 Å². The van der Waals surface area contributed by atoms with Gasteiger partial charge in [-0.2, -0.15) is 9.29 Å². The largest absolute Gasteiger partial charge is 0.481 e. The minimum atomic E-state index is -5.77. The number of anilines is 1. The van der Waals surface area contributed by atoms with Crippen LogP contribution in [0, 0.1) is 0 Å². The number of nitrogens with zero attached hydrogens (tertiary/aromatic N) is 3. The average molecular weight is 753 g/mol. The Kier molecular flexibility index (Phi) is 11.3. The second kappa shape index (κ2) is 13.3. The molecule has 0 aliphatic carbocycles. The molecule has 1 fully saturated rings. The zero-order valence-corrected chi connectivity index (χ0v) is 27.1. The van der Waals surface area contributed by atoms with Crippen molar-refractivity contribution in [3.8, 4) is 0 Å². The molecule has 3 heterocycles. The summed E-state index contributed by atoms with van der Waals surface area (Å²) in [5.41, 5.74) is 4.03. The van der Waals surface area contributed by atoms with Crippen molar-refractivity contribution in [2.75, 3.05) is 12.3 Å². The molecule has 7 unspecified atom stereocenters. The number of aromatic nitrogens is 4. The standard InChI is InChI=1S/C15H28N5O20P5/c1-3-15(4-2,38-42(25,26)27)41(23,24)39-44(31,32)35-5-7-10(37-45(33,34)40-43(28,29)30)9(21)13(36-7)20-6-17-8-11(20)18-14(16)19-12(8)22/h6-7,9-10,13,21H,3-5H2,1-2H3,(H,23,24)(H,31,32)(H,33,34)(H2,25,26,27)(H2,28,29,30)(H3,16,18,19,22). The summed E-state index contributed by atoms with van der Waals surface area (Å²) < 4.78 is 88.7. The molecule has 0 spiro atoms. The summed E-state index contributed by atoms with van der Waals surface area (Å²) in [5, 5.41) is 8.22. The molecule has 3 rings (SSSR count). The number of rotatable bonds is 15. The SMILES string of the molecule is CCC(CC)(OP(=O)(O)O)P(=O)(O)OP(=O)(O)OCC1OC(n2cnc3c(=O)[nH]c(N)nc32)C(O)C1OP(=O)(O)OP(=O)(O)O. The van der Waals surface area contributed by atoms with Gasteiger partial charge in [0, 0.05) is 0 Å². The first-order valence-corrected chi connectivity index (χ1v) is 19.6. The molecule has 0 saturated carbocycles. The van der Waals surface area contributed by atoms with Crippen molar-refractivity contribution >= 4 is 56.0 Å². The Hall–Kier alpha value is -1.26. The van der Waals surface area contributed by atoms with E-state index in [2.05, 4.69) is 37.1 Å². The number of fused-ring (bicyclic) bond motifs is 1. The van der Waals surface area contributed by atoms with Crippen molar-refractivity contribution < 1.29 is 89.1 Å². The molecule has 2 aromatic heterocycles.